The lowest BCUT2D eigenvalue weighted by Crippen LogP contribution is -2.09. The summed E-state index contributed by atoms with van der Waals surface area (Å²) in [6.45, 7) is 2.11. The second kappa shape index (κ2) is 2.43. The van der Waals surface area contributed by atoms with Crippen molar-refractivity contribution in [2.45, 2.75) is 19.8 Å². The van der Waals surface area contributed by atoms with E-state index < -0.39 is 6.29 Å². The number of fused-ring (bicyclic) bond motifs is 1. The monoisotopic (exact) mass is 169 g/mol. The van der Waals surface area contributed by atoms with E-state index in [1.165, 1.54) is 0 Å². The molecule has 0 spiro atoms. The van der Waals surface area contributed by atoms with E-state index in [1.54, 1.807) is 13.1 Å². The number of aliphatic hydroxyl groups is 1. The number of aromatic hydroxyl groups is 1. The van der Waals surface area contributed by atoms with Crippen molar-refractivity contribution in [2.24, 2.45) is 0 Å². The highest BCUT2D eigenvalue weighted by atomic mass is 16.6. The standard InChI is InChI=1S/C8H9NO3/c1-4-7(10)6-5(2-9-4)3-12-8(6)11/h2,8,10-11H,3H2,1H3/p+1/i11D. The Balaban J connectivity index is 2.54. The van der Waals surface area contributed by atoms with Crippen LogP contribution in [0.3, 0.4) is 0 Å². The lowest BCUT2D eigenvalue weighted by Gasteiger charge is -2.03. The van der Waals surface area contributed by atoms with Crippen LogP contribution in [0.4, 0.5) is 0 Å². The molecule has 0 bridgehead atoms. The van der Waals surface area contributed by atoms with Crippen molar-refractivity contribution < 1.29 is 19.9 Å². The molecular weight excluding hydrogens is 158 g/mol. The van der Waals surface area contributed by atoms with Gasteiger partial charge in [-0.3, -0.25) is 0 Å². The zero-order chi connectivity index (χ0) is 9.42. The number of aliphatic hydroxyl groups excluding tert-OH is 1. The summed E-state index contributed by atoms with van der Waals surface area (Å²) in [6, 6.07) is 0. The third kappa shape index (κ3) is 0.888. The molecule has 0 saturated heterocycles. The Labute approximate surface area is 70.9 Å². The van der Waals surface area contributed by atoms with E-state index in [1.807, 2.05) is 0 Å². The average Bonchev–Trinajstić information content (AvgIpc) is 2.55. The molecule has 0 radical (unpaired) electrons. The number of H-pyrrole nitrogens is 1. The summed E-state index contributed by atoms with van der Waals surface area (Å²) >= 11 is 0. The zero-order valence-electron chi connectivity index (χ0n) is 7.63. The Kier molecular flexibility index (Phi) is 1.30. The van der Waals surface area contributed by atoms with Crippen molar-refractivity contribution >= 4 is 0 Å². The Morgan fingerprint density at radius 3 is 3.42 bits per heavy atom. The summed E-state index contributed by atoms with van der Waals surface area (Å²) < 4.78 is 11.9. The van der Waals surface area contributed by atoms with Gasteiger partial charge in [0.1, 0.15) is 0 Å². The molecule has 1 unspecified atom stereocenters. The van der Waals surface area contributed by atoms with E-state index in [9.17, 15) is 5.11 Å². The van der Waals surface area contributed by atoms with Gasteiger partial charge in [0.15, 0.2) is 18.2 Å². The van der Waals surface area contributed by atoms with Gasteiger partial charge in [-0.2, -0.15) is 0 Å². The smallest absolute Gasteiger partial charge is 0.219 e. The number of nitrogens with one attached hydrogen (secondary N) is 1. The van der Waals surface area contributed by atoms with Crippen LogP contribution in [0.5, 0.6) is 5.75 Å². The molecule has 0 saturated carbocycles. The van der Waals surface area contributed by atoms with Crippen molar-refractivity contribution in [2.75, 3.05) is 0 Å². The molecule has 1 aliphatic heterocycles. The lowest BCUT2D eigenvalue weighted by atomic mass is 10.1. The molecule has 0 amide bonds. The fourth-order valence-electron chi connectivity index (χ4n) is 1.33. The molecule has 4 nitrogen and oxygen atoms in total. The normalized spacial score (nSPS) is 22.1. The Bertz CT molecular complexity index is 342. The van der Waals surface area contributed by atoms with Crippen molar-refractivity contribution in [3.8, 4) is 5.75 Å². The third-order valence-corrected chi connectivity index (χ3v) is 2.05. The number of aromatic nitrogens is 1. The van der Waals surface area contributed by atoms with Crippen LogP contribution in [0, 0.1) is 6.92 Å². The van der Waals surface area contributed by atoms with Gasteiger partial charge >= 0.3 is 0 Å². The maximum Gasteiger partial charge on any atom is 0.219 e. The van der Waals surface area contributed by atoms with E-state index >= 15 is 0 Å². The molecule has 1 aromatic heterocycles. The Morgan fingerprint density at radius 1 is 1.83 bits per heavy atom. The fourth-order valence-corrected chi connectivity index (χ4v) is 1.33. The number of hydrogen-bond donors (Lipinski definition) is 2. The van der Waals surface area contributed by atoms with Gasteiger partial charge in [0.2, 0.25) is 7.13 Å². The quantitative estimate of drug-likeness (QED) is 0.623. The molecule has 2 rings (SSSR count). The topological polar surface area (TPSA) is 63.8 Å². The van der Waals surface area contributed by atoms with Gasteiger partial charge in [-0.25, -0.2) is 4.98 Å². The summed E-state index contributed by atoms with van der Waals surface area (Å²) in [5.41, 5.74) is 2.04. The minimum atomic E-state index is -0.761. The van der Waals surface area contributed by atoms with Crippen LogP contribution in [0.1, 0.15) is 23.1 Å². The van der Waals surface area contributed by atoms with E-state index in [0.717, 1.165) is 5.56 Å². The van der Waals surface area contributed by atoms with Crippen LogP contribution >= 0.6 is 0 Å². The molecule has 0 fully saturated rings. The minimum absolute atomic E-state index is 0.118. The van der Waals surface area contributed by atoms with Crippen LogP contribution in [0.15, 0.2) is 6.20 Å². The van der Waals surface area contributed by atoms with Gasteiger partial charge in [0, 0.05) is 6.92 Å². The number of hydrogen-bond acceptors (Lipinski definition) is 3. The van der Waals surface area contributed by atoms with E-state index in [4.69, 9.17) is 6.17 Å². The summed E-state index contributed by atoms with van der Waals surface area (Å²) in [5, 5.41) is 14.0. The number of aromatic amines is 1. The SMILES string of the molecule is [2H]OC1OCc2c[nH+]c(C)c(O)c21. The largest absolute Gasteiger partial charge is 0.502 e. The van der Waals surface area contributed by atoms with Gasteiger partial charge in [-0.1, -0.05) is 0 Å². The Hall–Kier alpha value is -1.13. The molecule has 64 valence electrons. The Morgan fingerprint density at radius 2 is 2.67 bits per heavy atom. The van der Waals surface area contributed by atoms with Crippen molar-refractivity contribution in [3.05, 3.63) is 23.0 Å². The molecule has 0 aliphatic carbocycles. The van der Waals surface area contributed by atoms with Crippen molar-refractivity contribution in [3.63, 3.8) is 0 Å². The van der Waals surface area contributed by atoms with Crippen LogP contribution in [-0.4, -0.2) is 11.6 Å². The van der Waals surface area contributed by atoms with Crippen molar-refractivity contribution in [1.29, 1.82) is 1.43 Å². The second-order valence-electron chi connectivity index (χ2n) is 2.84. The highest BCUT2D eigenvalue weighted by Crippen LogP contribution is 2.34. The fraction of sp³-hybridized carbons (Fsp3) is 0.375. The van der Waals surface area contributed by atoms with Gasteiger partial charge < -0.3 is 15.0 Å². The molecular formula is C8H10NO3+. The first-order valence-corrected chi connectivity index (χ1v) is 3.70. The van der Waals surface area contributed by atoms with Gasteiger partial charge in [-0.05, 0) is 0 Å². The first-order valence-electron chi connectivity index (χ1n) is 4.11. The first kappa shape index (κ1) is 6.39. The number of ether oxygens (including phenoxy) is 1. The van der Waals surface area contributed by atoms with Gasteiger partial charge in [-0.15, -0.1) is 0 Å². The van der Waals surface area contributed by atoms with E-state index in [-0.39, 0.29) is 5.75 Å². The molecule has 1 aliphatic rings. The van der Waals surface area contributed by atoms with Crippen molar-refractivity contribution in [1.82, 2.24) is 0 Å². The molecule has 0 aromatic carbocycles. The van der Waals surface area contributed by atoms with Crippen LogP contribution < -0.4 is 4.98 Å². The molecule has 1 atom stereocenters. The average molecular weight is 169 g/mol. The summed E-state index contributed by atoms with van der Waals surface area (Å²) in [7, 11) is 0. The number of aryl methyl sites for hydroxylation is 1. The number of pyridine rings is 1. The molecule has 3 N–H and O–H groups in total. The minimum Gasteiger partial charge on any atom is -0.502 e. The maximum absolute atomic E-state index is 9.65. The lowest BCUT2D eigenvalue weighted by molar-refractivity contribution is -0.389. The third-order valence-electron chi connectivity index (χ3n) is 2.05. The summed E-state index contributed by atoms with van der Waals surface area (Å²) in [6.07, 6.45) is 0.993. The van der Waals surface area contributed by atoms with Gasteiger partial charge in [0.25, 0.3) is 0 Å². The highest BCUT2D eigenvalue weighted by molar-refractivity contribution is 5.40. The highest BCUT2D eigenvalue weighted by Gasteiger charge is 2.28. The van der Waals surface area contributed by atoms with E-state index in [0.29, 0.717) is 17.9 Å². The molecule has 12 heavy (non-hydrogen) atoms. The van der Waals surface area contributed by atoms with Crippen LogP contribution in [0.25, 0.3) is 0 Å². The van der Waals surface area contributed by atoms with Crippen LogP contribution in [0.2, 0.25) is 0 Å². The van der Waals surface area contributed by atoms with Crippen LogP contribution in [-0.2, 0) is 11.3 Å². The predicted molar refractivity (Wildman–Crippen MR) is 39.1 cm³/mol. The molecule has 1 aromatic rings. The predicted octanol–water partition coefficient (Wildman–Crippen LogP) is 0.0358. The van der Waals surface area contributed by atoms with Gasteiger partial charge in [0.05, 0.1) is 17.7 Å². The molecule has 4 heteroatoms. The second-order valence-corrected chi connectivity index (χ2v) is 2.84. The molecule has 2 heterocycles. The number of rotatable bonds is 1. The summed E-state index contributed by atoms with van der Waals surface area (Å²) in [5.74, 6) is 0.118. The van der Waals surface area contributed by atoms with E-state index in [2.05, 4.69) is 10.1 Å². The zero-order valence-corrected chi connectivity index (χ0v) is 6.63. The summed E-state index contributed by atoms with van der Waals surface area (Å²) in [4.78, 5) is 2.90. The maximum atomic E-state index is 9.65. The first-order chi connectivity index (χ1) is 6.24.